The molecule has 1 fully saturated rings. The average Bonchev–Trinajstić information content (AvgIpc) is 2.45. The van der Waals surface area contributed by atoms with E-state index in [4.69, 9.17) is 4.74 Å². The molecule has 0 aromatic heterocycles. The third-order valence-electron chi connectivity index (χ3n) is 4.57. The molecular weight excluding hydrogens is 256 g/mol. The van der Waals surface area contributed by atoms with Crippen molar-refractivity contribution >= 4 is 10.8 Å². The lowest BCUT2D eigenvalue weighted by molar-refractivity contribution is -0.0964. The van der Waals surface area contributed by atoms with Gasteiger partial charge < -0.3 is 4.74 Å². The normalized spacial score (nSPS) is 36.9. The molecule has 0 radical (unpaired) electrons. The van der Waals surface area contributed by atoms with E-state index < -0.39 is 10.8 Å². The predicted octanol–water partition coefficient (Wildman–Crippen LogP) is 3.84. The molecule has 106 valence electrons. The van der Waals surface area contributed by atoms with Crippen LogP contribution >= 0.6 is 0 Å². The van der Waals surface area contributed by atoms with Gasteiger partial charge in [-0.3, -0.25) is 4.21 Å². The highest BCUT2D eigenvalue weighted by molar-refractivity contribution is 7.85. The van der Waals surface area contributed by atoms with Crippen LogP contribution in [0.2, 0.25) is 0 Å². The van der Waals surface area contributed by atoms with Crippen molar-refractivity contribution in [1.29, 1.82) is 0 Å². The summed E-state index contributed by atoms with van der Waals surface area (Å²) in [6.45, 7) is 8.82. The third kappa shape index (κ3) is 2.92. The summed E-state index contributed by atoms with van der Waals surface area (Å²) in [4.78, 5) is 0.871. The second kappa shape index (κ2) is 6.19. The molecule has 0 N–H and O–H groups in total. The molecule has 1 heterocycles. The van der Waals surface area contributed by atoms with Crippen LogP contribution in [0.25, 0.3) is 0 Å². The van der Waals surface area contributed by atoms with E-state index in [1.807, 2.05) is 30.3 Å². The molecule has 19 heavy (non-hydrogen) atoms. The van der Waals surface area contributed by atoms with Crippen LogP contribution in [-0.4, -0.2) is 15.7 Å². The van der Waals surface area contributed by atoms with E-state index in [0.717, 1.165) is 11.3 Å². The van der Waals surface area contributed by atoms with Crippen molar-refractivity contribution in [2.24, 2.45) is 17.8 Å². The quantitative estimate of drug-likeness (QED) is 0.841. The molecule has 0 saturated carbocycles. The van der Waals surface area contributed by atoms with Gasteiger partial charge >= 0.3 is 0 Å². The van der Waals surface area contributed by atoms with Gasteiger partial charge in [0.2, 0.25) is 0 Å². The largest absolute Gasteiger partial charge is 0.361 e. The van der Waals surface area contributed by atoms with E-state index in [0.29, 0.717) is 17.8 Å². The first kappa shape index (κ1) is 14.7. The fraction of sp³-hybridized carbons (Fsp3) is 0.625. The molecule has 0 aliphatic carbocycles. The van der Waals surface area contributed by atoms with E-state index in [-0.39, 0.29) is 11.5 Å². The number of hydrogen-bond donors (Lipinski definition) is 0. The fourth-order valence-electron chi connectivity index (χ4n) is 2.89. The molecule has 1 aliphatic heterocycles. The monoisotopic (exact) mass is 280 g/mol. The molecule has 1 aliphatic rings. The summed E-state index contributed by atoms with van der Waals surface area (Å²) in [5.74, 6) is 1.39. The maximum atomic E-state index is 12.7. The van der Waals surface area contributed by atoms with Gasteiger partial charge in [-0.2, -0.15) is 0 Å². The van der Waals surface area contributed by atoms with E-state index in [9.17, 15) is 4.21 Å². The van der Waals surface area contributed by atoms with Crippen LogP contribution in [0.15, 0.2) is 35.2 Å². The van der Waals surface area contributed by atoms with Crippen LogP contribution in [0.1, 0.15) is 34.1 Å². The molecule has 1 saturated heterocycles. The summed E-state index contributed by atoms with van der Waals surface area (Å²) in [6, 6.07) is 9.67. The molecule has 1 aromatic rings. The van der Waals surface area contributed by atoms with Gasteiger partial charge in [-0.1, -0.05) is 45.9 Å². The molecule has 3 heteroatoms. The average molecular weight is 280 g/mol. The van der Waals surface area contributed by atoms with Gasteiger partial charge in [0.25, 0.3) is 0 Å². The summed E-state index contributed by atoms with van der Waals surface area (Å²) >= 11 is 0. The Morgan fingerprint density at radius 3 is 2.26 bits per heavy atom. The van der Waals surface area contributed by atoms with Crippen molar-refractivity contribution in [2.45, 2.75) is 50.6 Å². The molecule has 5 unspecified atom stereocenters. The standard InChI is InChI=1S/C16H24O2S/c1-5-15-12(3)11(2)13(4)16(18-15)19(17)14-9-7-6-8-10-14/h6-13,15-16H,5H2,1-4H3/t11?,12-,13?,15?,16?,19?/m1/s1. The minimum atomic E-state index is -1.08. The number of ether oxygens (including phenoxy) is 1. The highest BCUT2D eigenvalue weighted by Gasteiger charge is 2.41. The Morgan fingerprint density at radius 1 is 1.05 bits per heavy atom. The minimum Gasteiger partial charge on any atom is -0.361 e. The molecule has 6 atom stereocenters. The van der Waals surface area contributed by atoms with Crippen molar-refractivity contribution in [3.05, 3.63) is 30.3 Å². The van der Waals surface area contributed by atoms with Gasteiger partial charge in [0.15, 0.2) is 0 Å². The first-order valence-electron chi connectivity index (χ1n) is 7.17. The lowest BCUT2D eigenvalue weighted by atomic mass is 9.79. The van der Waals surface area contributed by atoms with Crippen molar-refractivity contribution in [3.8, 4) is 0 Å². The summed E-state index contributed by atoms with van der Waals surface area (Å²) in [5, 5.41) is 0. The van der Waals surface area contributed by atoms with Gasteiger partial charge in [0.1, 0.15) is 5.44 Å². The van der Waals surface area contributed by atoms with Crippen molar-refractivity contribution in [3.63, 3.8) is 0 Å². The third-order valence-corrected chi connectivity index (χ3v) is 6.27. The SMILES string of the molecule is CCC1OC(S(=O)c2ccccc2)C(C)C(C)[C@H]1C. The van der Waals surface area contributed by atoms with E-state index in [1.165, 1.54) is 0 Å². The highest BCUT2D eigenvalue weighted by atomic mass is 32.2. The topological polar surface area (TPSA) is 26.3 Å². The van der Waals surface area contributed by atoms with Gasteiger partial charge in [0, 0.05) is 4.90 Å². The second-order valence-electron chi connectivity index (χ2n) is 5.64. The lowest BCUT2D eigenvalue weighted by Gasteiger charge is -2.43. The Hall–Kier alpha value is -0.670. The second-order valence-corrected chi connectivity index (χ2v) is 7.17. The van der Waals surface area contributed by atoms with E-state index >= 15 is 0 Å². The van der Waals surface area contributed by atoms with Crippen LogP contribution < -0.4 is 0 Å². The minimum absolute atomic E-state index is 0.182. The van der Waals surface area contributed by atoms with Gasteiger partial charge in [0.05, 0.1) is 16.9 Å². The van der Waals surface area contributed by atoms with Crippen LogP contribution in [0.5, 0.6) is 0 Å². The Balaban J connectivity index is 2.21. The fourth-order valence-corrected chi connectivity index (χ4v) is 4.46. The smallest absolute Gasteiger partial charge is 0.140 e. The molecule has 0 spiro atoms. The Bertz CT molecular complexity index is 430. The van der Waals surface area contributed by atoms with E-state index in [2.05, 4.69) is 27.7 Å². The maximum Gasteiger partial charge on any atom is 0.140 e. The van der Waals surface area contributed by atoms with Crippen LogP contribution in [0, 0.1) is 17.8 Å². The summed E-state index contributed by atoms with van der Waals surface area (Å²) in [5.41, 5.74) is -0.182. The van der Waals surface area contributed by atoms with Crippen LogP contribution in [-0.2, 0) is 15.5 Å². The zero-order valence-corrected chi connectivity index (χ0v) is 13.0. The number of rotatable bonds is 3. The number of hydrogen-bond acceptors (Lipinski definition) is 2. The van der Waals surface area contributed by atoms with Crippen molar-refractivity contribution in [1.82, 2.24) is 0 Å². The molecule has 2 nitrogen and oxygen atoms in total. The first-order chi connectivity index (χ1) is 9.06. The summed E-state index contributed by atoms with van der Waals surface area (Å²) < 4.78 is 18.9. The Labute approximate surface area is 119 Å². The molecule has 2 rings (SSSR count). The zero-order valence-electron chi connectivity index (χ0n) is 12.2. The van der Waals surface area contributed by atoms with Gasteiger partial charge in [-0.05, 0) is 36.3 Å². The zero-order chi connectivity index (χ0) is 14.0. The summed E-state index contributed by atoms with van der Waals surface area (Å²) in [6.07, 6.45) is 1.21. The highest BCUT2D eigenvalue weighted by Crippen LogP contribution is 2.38. The van der Waals surface area contributed by atoms with Crippen LogP contribution in [0.3, 0.4) is 0 Å². The van der Waals surface area contributed by atoms with Gasteiger partial charge in [-0.15, -0.1) is 0 Å². The van der Waals surface area contributed by atoms with Crippen molar-refractivity contribution < 1.29 is 8.95 Å². The van der Waals surface area contributed by atoms with E-state index in [1.54, 1.807) is 0 Å². The maximum absolute atomic E-state index is 12.7. The van der Waals surface area contributed by atoms with Crippen LogP contribution in [0.4, 0.5) is 0 Å². The summed E-state index contributed by atoms with van der Waals surface area (Å²) in [7, 11) is -1.08. The predicted molar refractivity (Wildman–Crippen MR) is 79.3 cm³/mol. The molecule has 1 aromatic carbocycles. The molecule has 0 bridgehead atoms. The molecule has 0 amide bonds. The van der Waals surface area contributed by atoms with Gasteiger partial charge in [-0.25, -0.2) is 0 Å². The Morgan fingerprint density at radius 2 is 1.68 bits per heavy atom. The molecular formula is C16H24O2S. The Kier molecular flexibility index (Phi) is 4.80. The first-order valence-corrected chi connectivity index (χ1v) is 8.38. The number of benzene rings is 1. The van der Waals surface area contributed by atoms with Crippen molar-refractivity contribution in [2.75, 3.05) is 0 Å². The lowest BCUT2D eigenvalue weighted by Crippen LogP contribution is -2.46.